The Morgan fingerprint density at radius 1 is 1.29 bits per heavy atom. The molecule has 0 aromatic heterocycles. The highest BCUT2D eigenvalue weighted by molar-refractivity contribution is 5.85. The Balaban J connectivity index is 0.00000288. The van der Waals surface area contributed by atoms with Crippen molar-refractivity contribution in [1.82, 2.24) is 16.0 Å². The minimum Gasteiger partial charge on any atom is -0.352 e. The minimum atomic E-state index is -0.292. The Bertz CT molecular complexity index is 548. The lowest BCUT2D eigenvalue weighted by Gasteiger charge is -2.31. The van der Waals surface area contributed by atoms with Gasteiger partial charge in [-0.15, -0.1) is 12.4 Å². The maximum Gasteiger partial charge on any atom is 0.222 e. The van der Waals surface area contributed by atoms with Crippen molar-refractivity contribution in [3.05, 3.63) is 35.4 Å². The predicted octanol–water partition coefficient (Wildman–Crippen LogP) is 2.24. The van der Waals surface area contributed by atoms with Gasteiger partial charge in [0.05, 0.1) is 12.5 Å². The number of benzene rings is 1. The number of nitrogens with one attached hydrogen (secondary N) is 3. The Labute approximate surface area is 150 Å². The third-order valence-electron chi connectivity index (χ3n) is 4.35. The summed E-state index contributed by atoms with van der Waals surface area (Å²) in [5.74, 6) is -0.152. The van der Waals surface area contributed by atoms with Crippen molar-refractivity contribution in [1.29, 1.82) is 0 Å². The van der Waals surface area contributed by atoms with Gasteiger partial charge in [-0.25, -0.2) is 0 Å². The van der Waals surface area contributed by atoms with Gasteiger partial charge in [-0.05, 0) is 38.8 Å². The second-order valence-corrected chi connectivity index (χ2v) is 6.43. The van der Waals surface area contributed by atoms with Gasteiger partial charge in [-0.1, -0.05) is 29.8 Å². The number of halogens is 1. The number of hydrogen-bond donors (Lipinski definition) is 3. The Morgan fingerprint density at radius 3 is 2.54 bits per heavy atom. The number of hydrogen-bond acceptors (Lipinski definition) is 3. The monoisotopic (exact) mass is 353 g/mol. The fourth-order valence-electron chi connectivity index (χ4n) is 2.99. The van der Waals surface area contributed by atoms with E-state index in [2.05, 4.69) is 22.9 Å². The number of amides is 2. The van der Waals surface area contributed by atoms with Gasteiger partial charge < -0.3 is 16.0 Å². The first-order chi connectivity index (χ1) is 11.0. The lowest BCUT2D eigenvalue weighted by atomic mass is 9.98. The molecule has 2 amide bonds. The highest BCUT2D eigenvalue weighted by Crippen LogP contribution is 2.18. The van der Waals surface area contributed by atoms with E-state index in [1.165, 1.54) is 6.92 Å². The van der Waals surface area contributed by atoms with Crippen LogP contribution in [0.1, 0.15) is 50.3 Å². The molecular formula is C18H28ClN3O2. The SMILES string of the molecule is CC(=O)NC(CC(=O)NC1CCCNC1C)c1ccc(C)cc1.Cl. The predicted molar refractivity (Wildman–Crippen MR) is 98.2 cm³/mol. The quantitative estimate of drug-likeness (QED) is 0.760. The van der Waals surface area contributed by atoms with Crippen molar-refractivity contribution in [2.45, 2.75) is 58.2 Å². The van der Waals surface area contributed by atoms with E-state index in [1.807, 2.05) is 31.2 Å². The van der Waals surface area contributed by atoms with E-state index in [1.54, 1.807) is 0 Å². The summed E-state index contributed by atoms with van der Waals surface area (Å²) >= 11 is 0. The summed E-state index contributed by atoms with van der Waals surface area (Å²) in [4.78, 5) is 23.9. The molecule has 0 spiro atoms. The molecule has 0 saturated carbocycles. The third-order valence-corrected chi connectivity index (χ3v) is 4.35. The second kappa shape index (κ2) is 9.64. The molecule has 0 aliphatic carbocycles. The highest BCUT2D eigenvalue weighted by Gasteiger charge is 2.24. The van der Waals surface area contributed by atoms with Gasteiger partial charge in [0.2, 0.25) is 11.8 Å². The molecule has 1 heterocycles. The molecule has 1 aromatic rings. The first-order valence-electron chi connectivity index (χ1n) is 8.32. The van der Waals surface area contributed by atoms with Crippen LogP contribution in [-0.2, 0) is 9.59 Å². The van der Waals surface area contributed by atoms with Crippen molar-refractivity contribution < 1.29 is 9.59 Å². The summed E-state index contributed by atoms with van der Waals surface area (Å²) in [5.41, 5.74) is 2.11. The molecule has 1 aliphatic rings. The fourth-order valence-corrected chi connectivity index (χ4v) is 2.99. The maximum atomic E-state index is 12.4. The Kier molecular flexibility index (Phi) is 8.22. The third kappa shape index (κ3) is 6.13. The number of carbonyl (C=O) groups is 2. The number of aryl methyl sites for hydroxylation is 1. The van der Waals surface area contributed by atoms with E-state index in [-0.39, 0.29) is 48.8 Å². The number of piperidine rings is 1. The topological polar surface area (TPSA) is 70.2 Å². The lowest BCUT2D eigenvalue weighted by molar-refractivity contribution is -0.123. The van der Waals surface area contributed by atoms with E-state index >= 15 is 0 Å². The van der Waals surface area contributed by atoms with Gasteiger partial charge in [0.15, 0.2) is 0 Å². The zero-order chi connectivity index (χ0) is 16.8. The van der Waals surface area contributed by atoms with E-state index in [0.717, 1.165) is 30.5 Å². The summed E-state index contributed by atoms with van der Waals surface area (Å²) in [7, 11) is 0. The van der Waals surface area contributed by atoms with Crippen molar-refractivity contribution >= 4 is 24.2 Å². The van der Waals surface area contributed by atoms with Crippen LogP contribution in [0.15, 0.2) is 24.3 Å². The van der Waals surface area contributed by atoms with Crippen LogP contribution in [0.4, 0.5) is 0 Å². The molecule has 1 aromatic carbocycles. The van der Waals surface area contributed by atoms with E-state index < -0.39 is 0 Å². The molecule has 0 radical (unpaired) electrons. The van der Waals surface area contributed by atoms with E-state index in [0.29, 0.717) is 0 Å². The summed E-state index contributed by atoms with van der Waals surface area (Å²) in [5, 5.41) is 9.36. The van der Waals surface area contributed by atoms with Crippen molar-refractivity contribution in [2.75, 3.05) is 6.54 Å². The number of carbonyl (C=O) groups excluding carboxylic acids is 2. The normalized spacial score (nSPS) is 21.3. The number of rotatable bonds is 5. The maximum absolute atomic E-state index is 12.4. The van der Waals surface area contributed by atoms with Gasteiger partial charge in [0.25, 0.3) is 0 Å². The lowest BCUT2D eigenvalue weighted by Crippen LogP contribution is -2.52. The second-order valence-electron chi connectivity index (χ2n) is 6.43. The van der Waals surface area contributed by atoms with Crippen LogP contribution in [0.2, 0.25) is 0 Å². The van der Waals surface area contributed by atoms with Gasteiger partial charge in [0, 0.05) is 19.0 Å². The molecule has 1 aliphatic heterocycles. The minimum absolute atomic E-state index is 0. The van der Waals surface area contributed by atoms with E-state index in [4.69, 9.17) is 0 Å². The fraction of sp³-hybridized carbons (Fsp3) is 0.556. The molecule has 1 fully saturated rings. The van der Waals surface area contributed by atoms with Crippen LogP contribution in [0.5, 0.6) is 0 Å². The van der Waals surface area contributed by atoms with Crippen LogP contribution in [0, 0.1) is 6.92 Å². The van der Waals surface area contributed by atoms with Gasteiger partial charge in [-0.3, -0.25) is 9.59 Å². The molecule has 24 heavy (non-hydrogen) atoms. The van der Waals surface area contributed by atoms with Crippen molar-refractivity contribution in [3.8, 4) is 0 Å². The first kappa shape index (κ1) is 20.5. The molecule has 3 atom stereocenters. The summed E-state index contributed by atoms with van der Waals surface area (Å²) in [6.45, 7) is 6.59. The van der Waals surface area contributed by atoms with Crippen LogP contribution < -0.4 is 16.0 Å². The average molecular weight is 354 g/mol. The molecule has 1 saturated heterocycles. The summed E-state index contributed by atoms with van der Waals surface area (Å²) in [6.07, 6.45) is 2.32. The van der Waals surface area contributed by atoms with Gasteiger partial charge >= 0.3 is 0 Å². The van der Waals surface area contributed by atoms with Gasteiger partial charge in [-0.2, -0.15) is 0 Å². The molecule has 6 heteroatoms. The zero-order valence-electron chi connectivity index (χ0n) is 14.6. The smallest absolute Gasteiger partial charge is 0.222 e. The highest BCUT2D eigenvalue weighted by atomic mass is 35.5. The molecule has 2 rings (SSSR count). The largest absolute Gasteiger partial charge is 0.352 e. The van der Waals surface area contributed by atoms with Crippen LogP contribution in [0.3, 0.4) is 0 Å². The van der Waals surface area contributed by atoms with Gasteiger partial charge in [0.1, 0.15) is 0 Å². The Morgan fingerprint density at radius 2 is 1.96 bits per heavy atom. The molecule has 3 N–H and O–H groups in total. The standard InChI is InChI=1S/C18H27N3O2.ClH/c1-12-6-8-15(9-7-12)17(20-14(3)22)11-18(23)21-16-5-4-10-19-13(16)2;/h6-9,13,16-17,19H,4-5,10-11H2,1-3H3,(H,20,22)(H,21,23);1H. The average Bonchev–Trinajstić information content (AvgIpc) is 2.49. The first-order valence-corrected chi connectivity index (χ1v) is 8.32. The molecular weight excluding hydrogens is 326 g/mol. The molecule has 3 unspecified atom stereocenters. The van der Waals surface area contributed by atoms with Crippen LogP contribution in [-0.4, -0.2) is 30.4 Å². The molecule has 134 valence electrons. The molecule has 0 bridgehead atoms. The van der Waals surface area contributed by atoms with Crippen molar-refractivity contribution in [2.24, 2.45) is 0 Å². The zero-order valence-corrected chi connectivity index (χ0v) is 15.4. The van der Waals surface area contributed by atoms with E-state index in [9.17, 15) is 9.59 Å². The van der Waals surface area contributed by atoms with Crippen molar-refractivity contribution in [3.63, 3.8) is 0 Å². The Hall–Kier alpha value is -1.59. The van der Waals surface area contributed by atoms with Crippen LogP contribution >= 0.6 is 12.4 Å². The summed E-state index contributed by atoms with van der Waals surface area (Å²) in [6, 6.07) is 8.07. The van der Waals surface area contributed by atoms with Crippen LogP contribution in [0.25, 0.3) is 0 Å². The molecule has 5 nitrogen and oxygen atoms in total. The summed E-state index contributed by atoms with van der Waals surface area (Å²) < 4.78 is 0.